The second kappa shape index (κ2) is 11.3. The number of hydrogen-bond donors (Lipinski definition) is 2. The summed E-state index contributed by atoms with van der Waals surface area (Å²) in [5.41, 5.74) is 0. The van der Waals surface area contributed by atoms with Gasteiger partial charge in [0.2, 0.25) is 0 Å². The van der Waals surface area contributed by atoms with E-state index in [0.717, 1.165) is 13.0 Å². The molecular weight excluding hydrogens is 194 g/mol. The van der Waals surface area contributed by atoms with Crippen molar-refractivity contribution in [3.63, 3.8) is 0 Å². The molecule has 0 aromatic carbocycles. The van der Waals surface area contributed by atoms with E-state index in [1.807, 2.05) is 0 Å². The van der Waals surface area contributed by atoms with Crippen molar-refractivity contribution in [3.05, 3.63) is 0 Å². The number of carboxylic acid groups (broad SMARTS) is 1. The highest BCUT2D eigenvalue weighted by atomic mass is 16.5. The minimum Gasteiger partial charge on any atom is -0.465 e. The highest BCUT2D eigenvalue weighted by Crippen LogP contribution is 2.04. The lowest BCUT2D eigenvalue weighted by Crippen LogP contribution is -2.25. The van der Waals surface area contributed by atoms with Gasteiger partial charge in [-0.3, -0.25) is 0 Å². The number of ether oxygens (including phenoxy) is 1. The van der Waals surface area contributed by atoms with E-state index in [2.05, 4.69) is 12.2 Å². The van der Waals surface area contributed by atoms with E-state index >= 15 is 0 Å². The van der Waals surface area contributed by atoms with Gasteiger partial charge in [0.1, 0.15) is 0 Å². The standard InChI is InChI=1S/C11H23NO3/c1-2-3-4-5-6-7-9-15-10-8-12-11(13)14/h12H,2-10H2,1H3,(H,13,14). The first-order valence-corrected chi connectivity index (χ1v) is 5.82. The van der Waals surface area contributed by atoms with Crippen LogP contribution < -0.4 is 5.32 Å². The molecule has 0 aromatic heterocycles. The molecule has 15 heavy (non-hydrogen) atoms. The fourth-order valence-electron chi connectivity index (χ4n) is 1.32. The van der Waals surface area contributed by atoms with Crippen LogP contribution in [0, 0.1) is 0 Å². The molecule has 1 amide bonds. The number of nitrogens with one attached hydrogen (secondary N) is 1. The normalized spacial score (nSPS) is 10.2. The van der Waals surface area contributed by atoms with Crippen LogP contribution in [-0.4, -0.2) is 31.0 Å². The number of carbonyl (C=O) groups is 1. The molecule has 0 saturated heterocycles. The molecule has 0 aliphatic heterocycles. The quantitative estimate of drug-likeness (QED) is 0.553. The molecule has 0 bridgehead atoms. The van der Waals surface area contributed by atoms with Crippen molar-refractivity contribution in [2.24, 2.45) is 0 Å². The first-order valence-electron chi connectivity index (χ1n) is 5.82. The summed E-state index contributed by atoms with van der Waals surface area (Å²) in [6.45, 7) is 3.80. The topological polar surface area (TPSA) is 58.6 Å². The molecular formula is C11H23NO3. The zero-order valence-corrected chi connectivity index (χ0v) is 9.63. The average Bonchev–Trinajstić information content (AvgIpc) is 2.20. The molecule has 0 aromatic rings. The van der Waals surface area contributed by atoms with Crippen LogP contribution in [0.15, 0.2) is 0 Å². The number of amides is 1. The smallest absolute Gasteiger partial charge is 0.404 e. The van der Waals surface area contributed by atoms with Gasteiger partial charge in [-0.05, 0) is 6.42 Å². The van der Waals surface area contributed by atoms with Crippen molar-refractivity contribution in [2.75, 3.05) is 19.8 Å². The van der Waals surface area contributed by atoms with Gasteiger partial charge in [-0.2, -0.15) is 0 Å². The van der Waals surface area contributed by atoms with Crippen molar-refractivity contribution in [3.8, 4) is 0 Å². The highest BCUT2D eigenvalue weighted by molar-refractivity contribution is 5.64. The molecule has 0 saturated carbocycles. The Kier molecular flexibility index (Phi) is 10.7. The van der Waals surface area contributed by atoms with Crippen molar-refractivity contribution in [1.82, 2.24) is 5.32 Å². The third-order valence-electron chi connectivity index (χ3n) is 2.16. The van der Waals surface area contributed by atoms with E-state index in [-0.39, 0.29) is 0 Å². The molecule has 0 aliphatic rings. The summed E-state index contributed by atoms with van der Waals surface area (Å²) < 4.78 is 5.26. The molecule has 0 aliphatic carbocycles. The molecule has 0 spiro atoms. The van der Waals surface area contributed by atoms with Crippen LogP contribution in [0.3, 0.4) is 0 Å². The van der Waals surface area contributed by atoms with E-state index in [0.29, 0.717) is 13.2 Å². The Morgan fingerprint density at radius 1 is 1.13 bits per heavy atom. The molecule has 0 unspecified atom stereocenters. The molecule has 0 rings (SSSR count). The summed E-state index contributed by atoms with van der Waals surface area (Å²) in [5.74, 6) is 0. The molecule has 4 heteroatoms. The molecule has 4 nitrogen and oxygen atoms in total. The maximum absolute atomic E-state index is 10.1. The van der Waals surface area contributed by atoms with Crippen LogP contribution in [0.2, 0.25) is 0 Å². The van der Waals surface area contributed by atoms with Crippen LogP contribution in [0.4, 0.5) is 4.79 Å². The van der Waals surface area contributed by atoms with Crippen LogP contribution in [0.1, 0.15) is 45.4 Å². The van der Waals surface area contributed by atoms with E-state index in [1.165, 1.54) is 32.1 Å². The fraction of sp³-hybridized carbons (Fsp3) is 0.909. The Morgan fingerprint density at radius 3 is 2.47 bits per heavy atom. The first-order chi connectivity index (χ1) is 7.27. The minimum atomic E-state index is -0.988. The van der Waals surface area contributed by atoms with Crippen molar-refractivity contribution in [1.29, 1.82) is 0 Å². The second-order valence-electron chi connectivity index (χ2n) is 3.61. The van der Waals surface area contributed by atoms with Gasteiger partial charge in [0, 0.05) is 13.2 Å². The monoisotopic (exact) mass is 217 g/mol. The lowest BCUT2D eigenvalue weighted by molar-refractivity contribution is 0.128. The molecule has 0 radical (unpaired) electrons. The Morgan fingerprint density at radius 2 is 1.80 bits per heavy atom. The average molecular weight is 217 g/mol. The van der Waals surface area contributed by atoms with Crippen molar-refractivity contribution >= 4 is 6.09 Å². The summed E-state index contributed by atoms with van der Waals surface area (Å²) in [4.78, 5) is 10.1. The Labute approximate surface area is 92.0 Å². The number of unbranched alkanes of at least 4 members (excludes halogenated alkanes) is 5. The minimum absolute atomic E-state index is 0.380. The van der Waals surface area contributed by atoms with Crippen LogP contribution in [-0.2, 0) is 4.74 Å². The fourth-order valence-corrected chi connectivity index (χ4v) is 1.32. The van der Waals surface area contributed by atoms with E-state index in [1.54, 1.807) is 0 Å². The molecule has 90 valence electrons. The zero-order chi connectivity index (χ0) is 11.4. The lowest BCUT2D eigenvalue weighted by atomic mass is 10.1. The van der Waals surface area contributed by atoms with Gasteiger partial charge in [-0.1, -0.05) is 39.0 Å². The van der Waals surface area contributed by atoms with E-state index in [9.17, 15) is 4.79 Å². The van der Waals surface area contributed by atoms with Crippen LogP contribution >= 0.6 is 0 Å². The lowest BCUT2D eigenvalue weighted by Gasteiger charge is -2.04. The predicted octanol–water partition coefficient (Wildman–Crippen LogP) is 2.63. The van der Waals surface area contributed by atoms with Gasteiger partial charge in [0.15, 0.2) is 0 Å². The third-order valence-corrected chi connectivity index (χ3v) is 2.16. The SMILES string of the molecule is CCCCCCCCOCCNC(=O)O. The molecule has 0 atom stereocenters. The first kappa shape index (κ1) is 14.2. The summed E-state index contributed by atoms with van der Waals surface area (Å²) in [6, 6.07) is 0. The van der Waals surface area contributed by atoms with E-state index < -0.39 is 6.09 Å². The zero-order valence-electron chi connectivity index (χ0n) is 9.63. The van der Waals surface area contributed by atoms with Gasteiger partial charge in [-0.15, -0.1) is 0 Å². The summed E-state index contributed by atoms with van der Waals surface area (Å²) in [6.07, 6.45) is 6.50. The van der Waals surface area contributed by atoms with E-state index in [4.69, 9.17) is 9.84 Å². The Bertz CT molecular complexity index is 151. The van der Waals surface area contributed by atoms with Crippen molar-refractivity contribution < 1.29 is 14.6 Å². The summed E-state index contributed by atoms with van der Waals surface area (Å²) >= 11 is 0. The Balaban J connectivity index is 2.89. The van der Waals surface area contributed by atoms with Crippen molar-refractivity contribution in [2.45, 2.75) is 45.4 Å². The summed E-state index contributed by atoms with van der Waals surface area (Å²) in [7, 11) is 0. The maximum Gasteiger partial charge on any atom is 0.404 e. The van der Waals surface area contributed by atoms with Gasteiger partial charge in [0.25, 0.3) is 0 Å². The van der Waals surface area contributed by atoms with Crippen LogP contribution in [0.5, 0.6) is 0 Å². The number of rotatable bonds is 10. The number of hydrogen-bond acceptors (Lipinski definition) is 2. The van der Waals surface area contributed by atoms with Gasteiger partial charge < -0.3 is 15.2 Å². The van der Waals surface area contributed by atoms with Gasteiger partial charge in [0.05, 0.1) is 6.61 Å². The molecule has 2 N–H and O–H groups in total. The Hall–Kier alpha value is -0.770. The van der Waals surface area contributed by atoms with Gasteiger partial charge >= 0.3 is 6.09 Å². The molecule has 0 fully saturated rings. The maximum atomic E-state index is 10.1. The predicted molar refractivity (Wildman–Crippen MR) is 60.2 cm³/mol. The van der Waals surface area contributed by atoms with Gasteiger partial charge in [-0.25, -0.2) is 4.79 Å². The second-order valence-corrected chi connectivity index (χ2v) is 3.61. The largest absolute Gasteiger partial charge is 0.465 e. The third kappa shape index (κ3) is 13.2. The summed E-state index contributed by atoms with van der Waals surface area (Å²) in [5, 5.41) is 10.5. The highest BCUT2D eigenvalue weighted by Gasteiger charge is 1.93. The van der Waals surface area contributed by atoms with Crippen LogP contribution in [0.25, 0.3) is 0 Å². The molecule has 0 heterocycles.